The first-order chi connectivity index (χ1) is 8.53. The molecule has 0 saturated heterocycles. The van der Waals surface area contributed by atoms with Crippen LogP contribution in [0.25, 0.3) is 0 Å². The van der Waals surface area contributed by atoms with Crippen molar-refractivity contribution in [3.05, 3.63) is 0 Å². The van der Waals surface area contributed by atoms with Gasteiger partial charge in [0, 0.05) is 6.42 Å². The average molecular weight is 273 g/mol. The van der Waals surface area contributed by atoms with E-state index in [1.54, 1.807) is 20.8 Å². The van der Waals surface area contributed by atoms with Gasteiger partial charge in [0.05, 0.1) is 6.04 Å². The minimum atomic E-state index is -0.925. The maximum Gasteiger partial charge on any atom is 0.306 e. The highest BCUT2D eigenvalue weighted by molar-refractivity contribution is 5.89. The lowest BCUT2D eigenvalue weighted by atomic mass is 10.1. The molecule has 110 valence electrons. The van der Waals surface area contributed by atoms with E-state index >= 15 is 0 Å². The number of nitrogens with one attached hydrogen (secondary N) is 1. The summed E-state index contributed by atoms with van der Waals surface area (Å²) in [5, 5.41) is 2.39. The van der Waals surface area contributed by atoms with Crippen molar-refractivity contribution in [1.29, 1.82) is 0 Å². The van der Waals surface area contributed by atoms with Crippen molar-refractivity contribution in [2.24, 2.45) is 11.5 Å². The maximum atomic E-state index is 11.5. The highest BCUT2D eigenvalue weighted by Gasteiger charge is 2.22. The molecule has 7 heteroatoms. The van der Waals surface area contributed by atoms with E-state index in [0.29, 0.717) is 0 Å². The molecule has 0 aliphatic rings. The Balaban J connectivity index is 4.34. The van der Waals surface area contributed by atoms with E-state index in [-0.39, 0.29) is 12.8 Å². The van der Waals surface area contributed by atoms with E-state index < -0.39 is 35.5 Å². The van der Waals surface area contributed by atoms with Crippen LogP contribution < -0.4 is 16.8 Å². The minimum absolute atomic E-state index is 0.00981. The molecule has 2 atom stereocenters. The summed E-state index contributed by atoms with van der Waals surface area (Å²) < 4.78 is 5.09. The Labute approximate surface area is 113 Å². The lowest BCUT2D eigenvalue weighted by molar-refractivity contribution is -0.155. The molecule has 0 aromatic carbocycles. The number of amides is 2. The average Bonchev–Trinajstić information content (AvgIpc) is 2.20. The van der Waals surface area contributed by atoms with E-state index in [1.807, 2.05) is 0 Å². The Bertz CT molecular complexity index is 347. The molecule has 19 heavy (non-hydrogen) atoms. The zero-order valence-corrected chi connectivity index (χ0v) is 11.9. The fourth-order valence-electron chi connectivity index (χ4n) is 1.24. The van der Waals surface area contributed by atoms with Gasteiger partial charge in [-0.1, -0.05) is 0 Å². The third-order valence-electron chi connectivity index (χ3n) is 2.13. The Morgan fingerprint density at radius 2 is 1.79 bits per heavy atom. The van der Waals surface area contributed by atoms with Crippen LogP contribution in [0, 0.1) is 0 Å². The summed E-state index contributed by atoms with van der Waals surface area (Å²) in [7, 11) is 0. The molecule has 0 heterocycles. The van der Waals surface area contributed by atoms with Crippen molar-refractivity contribution < 1.29 is 19.1 Å². The van der Waals surface area contributed by atoms with Crippen molar-refractivity contribution in [3.63, 3.8) is 0 Å². The number of esters is 1. The van der Waals surface area contributed by atoms with Gasteiger partial charge in [-0.3, -0.25) is 14.4 Å². The largest absolute Gasteiger partial charge is 0.460 e. The van der Waals surface area contributed by atoms with Crippen molar-refractivity contribution >= 4 is 17.8 Å². The van der Waals surface area contributed by atoms with Crippen LogP contribution in [0.4, 0.5) is 0 Å². The van der Waals surface area contributed by atoms with Gasteiger partial charge in [-0.25, -0.2) is 0 Å². The lowest BCUT2D eigenvalue weighted by Crippen LogP contribution is -2.49. The van der Waals surface area contributed by atoms with E-state index in [2.05, 4.69) is 5.32 Å². The van der Waals surface area contributed by atoms with Gasteiger partial charge in [-0.15, -0.1) is 0 Å². The predicted molar refractivity (Wildman–Crippen MR) is 69.9 cm³/mol. The summed E-state index contributed by atoms with van der Waals surface area (Å²) in [5.41, 5.74) is 9.93. The minimum Gasteiger partial charge on any atom is -0.460 e. The standard InChI is InChI=1S/C12H23N3O4/c1-7(13)11(18)15-8(10(14)17)5-6-9(16)19-12(2,3)4/h7-8H,5-6,13H2,1-4H3,(H2,14,17)(H,15,18)/t7-,8-/m1/s1. The van der Waals surface area contributed by atoms with E-state index in [0.717, 1.165) is 0 Å². The number of primary amides is 1. The molecule has 0 fully saturated rings. The normalized spacial score (nSPS) is 14.4. The van der Waals surface area contributed by atoms with Crippen LogP contribution in [0.15, 0.2) is 0 Å². The van der Waals surface area contributed by atoms with Gasteiger partial charge in [-0.05, 0) is 34.1 Å². The van der Waals surface area contributed by atoms with E-state index in [4.69, 9.17) is 16.2 Å². The number of hydrogen-bond donors (Lipinski definition) is 3. The molecule has 2 amide bonds. The van der Waals surface area contributed by atoms with Crippen molar-refractivity contribution in [3.8, 4) is 0 Å². The highest BCUT2D eigenvalue weighted by Crippen LogP contribution is 2.10. The molecule has 0 aliphatic heterocycles. The summed E-state index contributed by atoms with van der Waals surface area (Å²) in [5.74, 6) is -1.65. The third kappa shape index (κ3) is 8.15. The molecule has 0 spiro atoms. The fraction of sp³-hybridized carbons (Fsp3) is 0.750. The quantitative estimate of drug-likeness (QED) is 0.559. The van der Waals surface area contributed by atoms with Crippen molar-refractivity contribution in [2.45, 2.75) is 58.2 Å². The molecule has 0 rings (SSSR count). The second kappa shape index (κ2) is 7.08. The van der Waals surface area contributed by atoms with Crippen LogP contribution in [0.5, 0.6) is 0 Å². The number of hydrogen-bond acceptors (Lipinski definition) is 5. The van der Waals surface area contributed by atoms with Gasteiger partial charge >= 0.3 is 5.97 Å². The second-order valence-electron chi connectivity index (χ2n) is 5.38. The Morgan fingerprint density at radius 3 is 2.16 bits per heavy atom. The molecule has 0 aromatic heterocycles. The second-order valence-corrected chi connectivity index (χ2v) is 5.38. The van der Waals surface area contributed by atoms with Gasteiger partial charge in [0.2, 0.25) is 11.8 Å². The first-order valence-corrected chi connectivity index (χ1v) is 6.10. The third-order valence-corrected chi connectivity index (χ3v) is 2.13. The summed E-state index contributed by atoms with van der Waals surface area (Å²) in [6.45, 7) is 6.72. The fourth-order valence-corrected chi connectivity index (χ4v) is 1.24. The monoisotopic (exact) mass is 273 g/mol. The van der Waals surface area contributed by atoms with Gasteiger partial charge in [0.1, 0.15) is 11.6 Å². The summed E-state index contributed by atoms with van der Waals surface area (Å²) in [6.07, 6.45) is 0.0762. The van der Waals surface area contributed by atoms with E-state index in [1.165, 1.54) is 6.92 Å². The van der Waals surface area contributed by atoms with Gasteiger partial charge in [0.15, 0.2) is 0 Å². The van der Waals surface area contributed by atoms with Crippen LogP contribution in [0.2, 0.25) is 0 Å². The smallest absolute Gasteiger partial charge is 0.306 e. The predicted octanol–water partition coefficient (Wildman–Crippen LogP) is -0.574. The van der Waals surface area contributed by atoms with Crippen molar-refractivity contribution in [2.75, 3.05) is 0 Å². The van der Waals surface area contributed by atoms with Gasteiger partial charge < -0.3 is 21.5 Å². The SMILES string of the molecule is C[C@@H](N)C(=O)N[C@H](CCC(=O)OC(C)(C)C)C(N)=O. The molecular weight excluding hydrogens is 250 g/mol. The van der Waals surface area contributed by atoms with Crippen LogP contribution >= 0.6 is 0 Å². The zero-order chi connectivity index (χ0) is 15.2. The topological polar surface area (TPSA) is 125 Å². The Kier molecular flexibility index (Phi) is 6.47. The lowest BCUT2D eigenvalue weighted by Gasteiger charge is -2.21. The number of rotatable bonds is 6. The number of carbonyl (C=O) groups excluding carboxylic acids is 3. The summed E-state index contributed by atoms with van der Waals surface area (Å²) >= 11 is 0. The number of nitrogens with two attached hydrogens (primary N) is 2. The molecule has 0 unspecified atom stereocenters. The highest BCUT2D eigenvalue weighted by atomic mass is 16.6. The van der Waals surface area contributed by atoms with Crippen LogP contribution in [-0.2, 0) is 19.1 Å². The zero-order valence-electron chi connectivity index (χ0n) is 11.9. The molecule has 5 N–H and O–H groups in total. The molecule has 7 nitrogen and oxygen atoms in total. The molecule has 0 bridgehead atoms. The van der Waals surface area contributed by atoms with Crippen LogP contribution in [0.1, 0.15) is 40.5 Å². The summed E-state index contributed by atoms with van der Waals surface area (Å²) in [4.78, 5) is 34.0. The first-order valence-electron chi connectivity index (χ1n) is 6.10. The van der Waals surface area contributed by atoms with Crippen LogP contribution in [0.3, 0.4) is 0 Å². The molecular formula is C12H23N3O4. The number of ether oxygens (including phenoxy) is 1. The Hall–Kier alpha value is -1.63. The van der Waals surface area contributed by atoms with Gasteiger partial charge in [-0.2, -0.15) is 0 Å². The van der Waals surface area contributed by atoms with Crippen molar-refractivity contribution in [1.82, 2.24) is 5.32 Å². The maximum absolute atomic E-state index is 11.5. The molecule has 0 aromatic rings. The summed E-state index contributed by atoms with van der Waals surface area (Å²) in [6, 6.07) is -1.67. The van der Waals surface area contributed by atoms with Crippen LogP contribution in [-0.4, -0.2) is 35.5 Å². The first kappa shape index (κ1) is 17.4. The number of carbonyl (C=O) groups is 3. The molecule has 0 aliphatic carbocycles. The molecule has 0 saturated carbocycles. The Morgan fingerprint density at radius 1 is 1.26 bits per heavy atom. The van der Waals surface area contributed by atoms with Gasteiger partial charge in [0.25, 0.3) is 0 Å². The molecule has 0 radical (unpaired) electrons. The van der Waals surface area contributed by atoms with E-state index in [9.17, 15) is 14.4 Å².